The zero-order chi connectivity index (χ0) is 11.5. The van der Waals surface area contributed by atoms with Gasteiger partial charge in [0, 0.05) is 11.8 Å². The molecule has 0 aromatic rings. The van der Waals surface area contributed by atoms with Crippen LogP contribution < -0.4 is 5.32 Å². The lowest BCUT2D eigenvalue weighted by atomic mass is 10.1. The van der Waals surface area contributed by atoms with Crippen molar-refractivity contribution in [2.75, 3.05) is 5.75 Å². The molecule has 0 amide bonds. The fraction of sp³-hybridized carbons (Fsp3) is 0.923. The van der Waals surface area contributed by atoms with E-state index in [0.717, 1.165) is 11.8 Å². The van der Waals surface area contributed by atoms with Crippen molar-refractivity contribution >= 4 is 16.9 Å². The van der Waals surface area contributed by atoms with Crippen molar-refractivity contribution in [3.63, 3.8) is 0 Å². The van der Waals surface area contributed by atoms with Gasteiger partial charge in [0.1, 0.15) is 0 Å². The third kappa shape index (κ3) is 3.41. The van der Waals surface area contributed by atoms with Gasteiger partial charge in [-0.25, -0.2) is 0 Å². The van der Waals surface area contributed by atoms with Gasteiger partial charge in [-0.15, -0.1) is 0 Å². The maximum absolute atomic E-state index is 4.79. The molecule has 3 atom stereocenters. The molecule has 1 aliphatic heterocycles. The minimum absolute atomic E-state index is 0.561. The predicted octanol–water partition coefficient (Wildman–Crippen LogP) is 3.28. The quantitative estimate of drug-likeness (QED) is 0.818. The SMILES string of the molecule is CC(C)CC1CSC(NC2CCC(C)C2)=N1. The Balaban J connectivity index is 1.78. The van der Waals surface area contributed by atoms with Crippen molar-refractivity contribution in [1.29, 1.82) is 0 Å². The normalized spacial score (nSPS) is 34.5. The van der Waals surface area contributed by atoms with Crippen LogP contribution in [0.1, 0.15) is 46.5 Å². The molecule has 16 heavy (non-hydrogen) atoms. The van der Waals surface area contributed by atoms with Crippen molar-refractivity contribution in [2.45, 2.75) is 58.5 Å². The zero-order valence-corrected chi connectivity index (χ0v) is 11.5. The number of amidine groups is 1. The molecule has 1 heterocycles. The van der Waals surface area contributed by atoms with Crippen molar-refractivity contribution in [2.24, 2.45) is 16.8 Å². The van der Waals surface area contributed by atoms with E-state index in [9.17, 15) is 0 Å². The van der Waals surface area contributed by atoms with E-state index in [2.05, 4.69) is 26.1 Å². The summed E-state index contributed by atoms with van der Waals surface area (Å²) in [5, 5.41) is 4.84. The van der Waals surface area contributed by atoms with Gasteiger partial charge >= 0.3 is 0 Å². The standard InChI is InChI=1S/C13H24N2S/c1-9(2)6-12-8-16-13(15-12)14-11-5-4-10(3)7-11/h9-12H,4-8H2,1-3H3,(H,14,15). The second-order valence-corrected chi connectivity index (χ2v) is 6.80. The number of nitrogens with one attached hydrogen (secondary N) is 1. The van der Waals surface area contributed by atoms with Crippen LogP contribution in [0.15, 0.2) is 4.99 Å². The smallest absolute Gasteiger partial charge is 0.157 e. The minimum atomic E-state index is 0.561. The Hall–Kier alpha value is -0.180. The van der Waals surface area contributed by atoms with E-state index < -0.39 is 0 Å². The number of aliphatic imine (C=N–C) groups is 1. The van der Waals surface area contributed by atoms with Gasteiger partial charge in [0.15, 0.2) is 5.17 Å². The van der Waals surface area contributed by atoms with E-state index in [4.69, 9.17) is 4.99 Å². The molecule has 2 aliphatic rings. The molecule has 1 saturated carbocycles. The minimum Gasteiger partial charge on any atom is -0.362 e. The molecule has 0 radical (unpaired) electrons. The molecule has 0 aromatic heterocycles. The van der Waals surface area contributed by atoms with Crippen LogP contribution in [-0.4, -0.2) is 23.0 Å². The number of hydrogen-bond donors (Lipinski definition) is 1. The van der Waals surface area contributed by atoms with E-state index >= 15 is 0 Å². The highest BCUT2D eigenvalue weighted by atomic mass is 32.2. The molecule has 1 aliphatic carbocycles. The fourth-order valence-corrected chi connectivity index (χ4v) is 3.71. The highest BCUT2D eigenvalue weighted by molar-refractivity contribution is 8.14. The van der Waals surface area contributed by atoms with Gasteiger partial charge in [0.2, 0.25) is 0 Å². The Morgan fingerprint density at radius 2 is 2.25 bits per heavy atom. The van der Waals surface area contributed by atoms with Crippen LogP contribution >= 0.6 is 11.8 Å². The predicted molar refractivity (Wildman–Crippen MR) is 73.1 cm³/mol. The Labute approximate surface area is 104 Å². The van der Waals surface area contributed by atoms with Crippen LogP contribution in [0.4, 0.5) is 0 Å². The summed E-state index contributed by atoms with van der Waals surface area (Å²) >= 11 is 1.92. The summed E-state index contributed by atoms with van der Waals surface area (Å²) in [5.74, 6) is 2.85. The Morgan fingerprint density at radius 3 is 2.88 bits per heavy atom. The molecule has 2 nitrogen and oxygen atoms in total. The van der Waals surface area contributed by atoms with Gasteiger partial charge in [-0.3, -0.25) is 4.99 Å². The molecule has 0 saturated heterocycles. The first-order valence-corrected chi connectivity index (χ1v) is 7.59. The number of rotatable bonds is 3. The monoisotopic (exact) mass is 240 g/mol. The van der Waals surface area contributed by atoms with Crippen LogP contribution in [-0.2, 0) is 0 Å². The van der Waals surface area contributed by atoms with Crippen molar-refractivity contribution in [1.82, 2.24) is 5.32 Å². The van der Waals surface area contributed by atoms with Crippen LogP contribution in [0.3, 0.4) is 0 Å². The maximum atomic E-state index is 4.79. The van der Waals surface area contributed by atoms with Crippen LogP contribution in [0.2, 0.25) is 0 Å². The Morgan fingerprint density at radius 1 is 1.44 bits per heavy atom. The maximum Gasteiger partial charge on any atom is 0.157 e. The lowest BCUT2D eigenvalue weighted by Crippen LogP contribution is -2.30. The highest BCUT2D eigenvalue weighted by Crippen LogP contribution is 2.27. The number of hydrogen-bond acceptors (Lipinski definition) is 3. The highest BCUT2D eigenvalue weighted by Gasteiger charge is 2.25. The molecule has 0 spiro atoms. The number of nitrogens with zero attached hydrogens (tertiary/aromatic N) is 1. The molecule has 3 unspecified atom stereocenters. The summed E-state index contributed by atoms with van der Waals surface area (Å²) < 4.78 is 0. The van der Waals surface area contributed by atoms with Crippen LogP contribution in [0, 0.1) is 11.8 Å². The van der Waals surface area contributed by atoms with Crippen LogP contribution in [0.5, 0.6) is 0 Å². The molecule has 1 N–H and O–H groups in total. The van der Waals surface area contributed by atoms with Crippen LogP contribution in [0.25, 0.3) is 0 Å². The molecule has 3 heteroatoms. The van der Waals surface area contributed by atoms with Gasteiger partial charge < -0.3 is 5.32 Å². The molecule has 0 bridgehead atoms. The second-order valence-electron chi connectivity index (χ2n) is 5.79. The molecular formula is C13H24N2S. The van der Waals surface area contributed by atoms with E-state index in [1.807, 2.05) is 11.8 Å². The lowest BCUT2D eigenvalue weighted by Gasteiger charge is -2.12. The summed E-state index contributed by atoms with van der Waals surface area (Å²) in [7, 11) is 0. The second kappa shape index (κ2) is 5.44. The summed E-state index contributed by atoms with van der Waals surface area (Å²) in [5.41, 5.74) is 0. The van der Waals surface area contributed by atoms with E-state index in [1.165, 1.54) is 36.6 Å². The third-order valence-corrected chi connectivity index (χ3v) is 4.53. The van der Waals surface area contributed by atoms with Crippen molar-refractivity contribution < 1.29 is 0 Å². The van der Waals surface area contributed by atoms with Gasteiger partial charge in [0.05, 0.1) is 6.04 Å². The zero-order valence-electron chi connectivity index (χ0n) is 10.7. The largest absolute Gasteiger partial charge is 0.362 e. The topological polar surface area (TPSA) is 24.4 Å². The summed E-state index contributed by atoms with van der Waals surface area (Å²) in [6.07, 6.45) is 5.27. The number of thioether (sulfide) groups is 1. The van der Waals surface area contributed by atoms with E-state index in [0.29, 0.717) is 12.1 Å². The lowest BCUT2D eigenvalue weighted by molar-refractivity contribution is 0.526. The molecule has 2 rings (SSSR count). The average Bonchev–Trinajstić information content (AvgIpc) is 2.76. The van der Waals surface area contributed by atoms with Gasteiger partial charge in [-0.2, -0.15) is 0 Å². The Kier molecular flexibility index (Phi) is 4.17. The molecule has 92 valence electrons. The Bertz CT molecular complexity index is 263. The first-order valence-electron chi connectivity index (χ1n) is 6.60. The first-order chi connectivity index (χ1) is 7.63. The van der Waals surface area contributed by atoms with Crippen molar-refractivity contribution in [3.05, 3.63) is 0 Å². The van der Waals surface area contributed by atoms with Gasteiger partial charge in [-0.1, -0.05) is 32.5 Å². The molecule has 1 fully saturated rings. The van der Waals surface area contributed by atoms with Gasteiger partial charge in [-0.05, 0) is 37.5 Å². The van der Waals surface area contributed by atoms with Gasteiger partial charge in [0.25, 0.3) is 0 Å². The first kappa shape index (κ1) is 12.3. The molecular weight excluding hydrogens is 216 g/mol. The summed E-state index contributed by atoms with van der Waals surface area (Å²) in [6.45, 7) is 6.92. The van der Waals surface area contributed by atoms with Crippen molar-refractivity contribution in [3.8, 4) is 0 Å². The van der Waals surface area contributed by atoms with E-state index in [-0.39, 0.29) is 0 Å². The fourth-order valence-electron chi connectivity index (χ4n) is 2.67. The summed E-state index contributed by atoms with van der Waals surface area (Å²) in [4.78, 5) is 4.79. The molecule has 0 aromatic carbocycles. The third-order valence-electron chi connectivity index (χ3n) is 3.48. The van der Waals surface area contributed by atoms with E-state index in [1.54, 1.807) is 0 Å². The summed E-state index contributed by atoms with van der Waals surface area (Å²) in [6, 6.07) is 1.25. The average molecular weight is 240 g/mol.